The summed E-state index contributed by atoms with van der Waals surface area (Å²) in [7, 11) is 0. The van der Waals surface area contributed by atoms with Gasteiger partial charge in [0, 0.05) is 6.04 Å². The summed E-state index contributed by atoms with van der Waals surface area (Å²) >= 11 is 5.70. The van der Waals surface area contributed by atoms with E-state index in [4.69, 9.17) is 11.6 Å². The van der Waals surface area contributed by atoms with Crippen molar-refractivity contribution in [1.29, 1.82) is 0 Å². The third-order valence-electron chi connectivity index (χ3n) is 3.60. The molecule has 2 fully saturated rings. The Morgan fingerprint density at radius 2 is 2.41 bits per heavy atom. The highest BCUT2D eigenvalue weighted by molar-refractivity contribution is 6.29. The van der Waals surface area contributed by atoms with Crippen LogP contribution in [0.25, 0.3) is 0 Å². The molecular weight excluding hydrogens is 240 g/mol. The molecule has 1 aromatic heterocycles. The molecule has 0 aromatic carbocycles. The Morgan fingerprint density at radius 3 is 3.06 bits per heavy atom. The number of hydrogen-bond donors (Lipinski definition) is 2. The van der Waals surface area contributed by atoms with Crippen molar-refractivity contribution in [3.8, 4) is 0 Å². The number of fused-ring (bicyclic) bond motifs is 1. The maximum atomic E-state index is 11.9. The second kappa shape index (κ2) is 3.65. The van der Waals surface area contributed by atoms with Gasteiger partial charge in [0.2, 0.25) is 5.91 Å². The zero-order valence-corrected chi connectivity index (χ0v) is 10.2. The molecule has 2 N–H and O–H groups in total. The van der Waals surface area contributed by atoms with Gasteiger partial charge in [-0.15, -0.1) is 0 Å². The van der Waals surface area contributed by atoms with Crippen molar-refractivity contribution < 1.29 is 4.79 Å². The van der Waals surface area contributed by atoms with Gasteiger partial charge in [-0.1, -0.05) is 18.5 Å². The van der Waals surface area contributed by atoms with E-state index in [-0.39, 0.29) is 17.1 Å². The van der Waals surface area contributed by atoms with Crippen LogP contribution in [0, 0.1) is 5.41 Å². The van der Waals surface area contributed by atoms with Gasteiger partial charge in [0.05, 0.1) is 18.4 Å². The first-order valence-electron chi connectivity index (χ1n) is 5.61. The van der Waals surface area contributed by atoms with Gasteiger partial charge >= 0.3 is 0 Å². The van der Waals surface area contributed by atoms with E-state index in [2.05, 4.69) is 27.5 Å². The van der Waals surface area contributed by atoms with Crippen molar-refractivity contribution in [2.24, 2.45) is 5.41 Å². The third-order valence-corrected chi connectivity index (χ3v) is 3.78. The van der Waals surface area contributed by atoms with Gasteiger partial charge in [0.25, 0.3) is 0 Å². The summed E-state index contributed by atoms with van der Waals surface area (Å²) in [6.45, 7) is 2.21. The van der Waals surface area contributed by atoms with Gasteiger partial charge in [-0.3, -0.25) is 9.78 Å². The number of aromatic nitrogens is 2. The number of hydrogen-bond acceptors (Lipinski definition) is 4. The smallest absolute Gasteiger partial charge is 0.242 e. The molecular formula is C11H13ClN4O. The monoisotopic (exact) mass is 252 g/mol. The molecule has 0 spiro atoms. The SMILES string of the molecule is C[C@@]12C[C@@H](C(=O)Nc3cncc(Cl)n3)N[C@@H]1C2. The van der Waals surface area contributed by atoms with Gasteiger partial charge < -0.3 is 10.6 Å². The Morgan fingerprint density at radius 1 is 1.59 bits per heavy atom. The molecule has 1 aliphatic carbocycles. The van der Waals surface area contributed by atoms with E-state index < -0.39 is 0 Å². The van der Waals surface area contributed by atoms with Gasteiger partial charge in [0.1, 0.15) is 5.15 Å². The molecule has 0 bridgehead atoms. The van der Waals surface area contributed by atoms with Crippen LogP contribution < -0.4 is 10.6 Å². The zero-order chi connectivity index (χ0) is 12.0. The quantitative estimate of drug-likeness (QED) is 0.830. The van der Waals surface area contributed by atoms with Crippen LogP contribution in [0.15, 0.2) is 12.4 Å². The maximum Gasteiger partial charge on any atom is 0.242 e. The lowest BCUT2D eigenvalue weighted by Gasteiger charge is -2.13. The Bertz CT molecular complexity index is 480. The van der Waals surface area contributed by atoms with Crippen LogP contribution in [-0.4, -0.2) is 28.0 Å². The number of rotatable bonds is 2. The first-order chi connectivity index (χ1) is 8.07. The number of nitrogens with zero attached hydrogens (tertiary/aromatic N) is 2. The van der Waals surface area contributed by atoms with E-state index in [9.17, 15) is 4.79 Å². The molecule has 5 nitrogen and oxygen atoms in total. The van der Waals surface area contributed by atoms with Gasteiger partial charge in [-0.05, 0) is 18.3 Å². The second-order valence-corrected chi connectivity index (χ2v) is 5.44. The number of carbonyl (C=O) groups is 1. The first kappa shape index (κ1) is 10.9. The van der Waals surface area contributed by atoms with Crippen molar-refractivity contribution >= 4 is 23.3 Å². The zero-order valence-electron chi connectivity index (χ0n) is 9.40. The molecule has 1 aliphatic heterocycles. The highest BCUT2D eigenvalue weighted by atomic mass is 35.5. The lowest BCUT2D eigenvalue weighted by atomic mass is 10.0. The van der Waals surface area contributed by atoms with Gasteiger partial charge in [-0.2, -0.15) is 0 Å². The van der Waals surface area contributed by atoms with Crippen molar-refractivity contribution in [2.45, 2.75) is 31.8 Å². The summed E-state index contributed by atoms with van der Waals surface area (Å²) in [5, 5.41) is 6.31. The van der Waals surface area contributed by atoms with Crippen molar-refractivity contribution in [2.75, 3.05) is 5.32 Å². The van der Waals surface area contributed by atoms with Crippen molar-refractivity contribution in [3.63, 3.8) is 0 Å². The number of carbonyl (C=O) groups excluding carboxylic acids is 1. The predicted molar refractivity (Wildman–Crippen MR) is 63.7 cm³/mol. The molecule has 90 valence electrons. The van der Waals surface area contributed by atoms with Crippen LogP contribution in [0.1, 0.15) is 19.8 Å². The van der Waals surface area contributed by atoms with Gasteiger partial charge in [-0.25, -0.2) is 4.98 Å². The second-order valence-electron chi connectivity index (χ2n) is 5.05. The molecule has 6 heteroatoms. The van der Waals surface area contributed by atoms with Crippen LogP contribution >= 0.6 is 11.6 Å². The largest absolute Gasteiger partial charge is 0.308 e. The Hall–Kier alpha value is -1.20. The normalized spacial score (nSPS) is 34.2. The lowest BCUT2D eigenvalue weighted by molar-refractivity contribution is -0.118. The summed E-state index contributed by atoms with van der Waals surface area (Å²) in [5.74, 6) is 0.338. The maximum absolute atomic E-state index is 11.9. The fourth-order valence-electron chi connectivity index (χ4n) is 2.45. The summed E-state index contributed by atoms with van der Waals surface area (Å²) in [6, 6.07) is 0.378. The van der Waals surface area contributed by atoms with Gasteiger partial charge in [0.15, 0.2) is 5.82 Å². The minimum absolute atomic E-state index is 0.0602. The van der Waals surface area contributed by atoms with E-state index in [0.29, 0.717) is 17.3 Å². The van der Waals surface area contributed by atoms with Crippen LogP contribution in [0.3, 0.4) is 0 Å². The van der Waals surface area contributed by atoms with Crippen LogP contribution in [0.4, 0.5) is 5.82 Å². The lowest BCUT2D eigenvalue weighted by Crippen LogP contribution is -2.38. The van der Waals surface area contributed by atoms with E-state index in [1.165, 1.54) is 18.8 Å². The molecule has 0 unspecified atom stereocenters. The van der Waals surface area contributed by atoms with Crippen LogP contribution in [0.5, 0.6) is 0 Å². The number of anilines is 1. The molecule has 1 saturated heterocycles. The molecule has 1 saturated carbocycles. The summed E-state index contributed by atoms with van der Waals surface area (Å²) in [4.78, 5) is 19.8. The fraction of sp³-hybridized carbons (Fsp3) is 0.545. The van der Waals surface area contributed by atoms with E-state index in [0.717, 1.165) is 6.42 Å². The predicted octanol–water partition coefficient (Wildman–Crippen LogP) is 1.21. The molecule has 0 radical (unpaired) electrons. The average molecular weight is 253 g/mol. The van der Waals surface area contributed by atoms with E-state index >= 15 is 0 Å². The van der Waals surface area contributed by atoms with E-state index in [1.54, 1.807) is 0 Å². The molecule has 3 rings (SSSR count). The Labute approximate surface area is 104 Å². The molecule has 1 aromatic rings. The summed E-state index contributed by atoms with van der Waals surface area (Å²) in [5.41, 5.74) is 0.321. The standard InChI is InChI=1S/C11H13ClN4O/c1-11-2-6(14-7(11)3-11)10(17)16-9-5-13-4-8(12)15-9/h4-7,14H,2-3H2,1H3,(H,15,16,17)/t6-,7+,11-/m0/s1. The van der Waals surface area contributed by atoms with E-state index in [1.807, 2.05) is 0 Å². The minimum Gasteiger partial charge on any atom is -0.308 e. The minimum atomic E-state index is -0.125. The first-order valence-corrected chi connectivity index (χ1v) is 5.99. The molecule has 1 amide bonds. The molecule has 17 heavy (non-hydrogen) atoms. The Balaban J connectivity index is 1.64. The number of amides is 1. The van der Waals surface area contributed by atoms with Crippen LogP contribution in [0.2, 0.25) is 5.15 Å². The van der Waals surface area contributed by atoms with Crippen molar-refractivity contribution in [3.05, 3.63) is 17.5 Å². The Kier molecular flexibility index (Phi) is 2.34. The third kappa shape index (κ3) is 2.00. The molecule has 3 atom stereocenters. The number of piperidine rings is 1. The van der Waals surface area contributed by atoms with Crippen LogP contribution in [-0.2, 0) is 4.79 Å². The number of nitrogens with one attached hydrogen (secondary N) is 2. The average Bonchev–Trinajstić information content (AvgIpc) is 2.77. The van der Waals surface area contributed by atoms with Crippen molar-refractivity contribution in [1.82, 2.24) is 15.3 Å². The highest BCUT2D eigenvalue weighted by Crippen LogP contribution is 2.53. The topological polar surface area (TPSA) is 66.9 Å². The highest BCUT2D eigenvalue weighted by Gasteiger charge is 2.58. The fourth-order valence-corrected chi connectivity index (χ4v) is 2.59. The number of halogens is 1. The summed E-state index contributed by atoms with van der Waals surface area (Å²) in [6.07, 6.45) is 4.98. The molecule has 2 aliphatic rings. The molecule has 2 heterocycles. The summed E-state index contributed by atoms with van der Waals surface area (Å²) < 4.78 is 0.